The van der Waals surface area contributed by atoms with Crippen LogP contribution in [0.15, 0.2) is 0 Å². The molecule has 6 heteroatoms. The molecule has 2 atom stereocenters. The molecule has 1 heterocycles. The summed E-state index contributed by atoms with van der Waals surface area (Å²) in [6, 6.07) is -0.416. The van der Waals surface area contributed by atoms with Crippen molar-refractivity contribution in [1.29, 1.82) is 0 Å². The van der Waals surface area contributed by atoms with Crippen molar-refractivity contribution in [3.63, 3.8) is 0 Å². The Morgan fingerprint density at radius 3 is 2.71 bits per heavy atom. The van der Waals surface area contributed by atoms with Gasteiger partial charge in [-0.25, -0.2) is 0 Å². The molecular formula is C11H22ClN3O2. The third-order valence-corrected chi connectivity index (χ3v) is 2.67. The van der Waals surface area contributed by atoms with Crippen LogP contribution in [0, 0.1) is 5.92 Å². The third-order valence-electron chi connectivity index (χ3n) is 2.67. The molecule has 0 aromatic rings. The monoisotopic (exact) mass is 263 g/mol. The summed E-state index contributed by atoms with van der Waals surface area (Å²) in [5.41, 5.74) is 5.76. The molecule has 0 bridgehead atoms. The van der Waals surface area contributed by atoms with Crippen molar-refractivity contribution in [1.82, 2.24) is 10.6 Å². The maximum Gasteiger partial charge on any atom is 0.237 e. The van der Waals surface area contributed by atoms with E-state index < -0.39 is 6.04 Å². The molecule has 0 spiro atoms. The van der Waals surface area contributed by atoms with Gasteiger partial charge in [0.1, 0.15) is 0 Å². The molecule has 1 fully saturated rings. The fourth-order valence-electron chi connectivity index (χ4n) is 1.78. The van der Waals surface area contributed by atoms with Crippen LogP contribution in [0.2, 0.25) is 0 Å². The van der Waals surface area contributed by atoms with Gasteiger partial charge in [-0.05, 0) is 18.8 Å². The Bertz CT molecular complexity index is 261. The van der Waals surface area contributed by atoms with Gasteiger partial charge in [-0.2, -0.15) is 0 Å². The first kappa shape index (κ1) is 16.2. The molecular weight excluding hydrogens is 242 g/mol. The van der Waals surface area contributed by atoms with Crippen LogP contribution in [0.4, 0.5) is 0 Å². The average Bonchev–Trinajstić information content (AvgIpc) is 2.20. The summed E-state index contributed by atoms with van der Waals surface area (Å²) in [7, 11) is 0. The number of hydrogen-bond acceptors (Lipinski definition) is 3. The first-order valence-corrected chi connectivity index (χ1v) is 5.81. The minimum absolute atomic E-state index is 0. The van der Waals surface area contributed by atoms with Gasteiger partial charge in [0.25, 0.3) is 0 Å². The molecule has 0 aromatic heterocycles. The first-order valence-electron chi connectivity index (χ1n) is 5.81. The number of amides is 2. The highest BCUT2D eigenvalue weighted by molar-refractivity contribution is 5.85. The van der Waals surface area contributed by atoms with Crippen molar-refractivity contribution >= 4 is 24.2 Å². The standard InChI is InChI=1S/C11H21N3O2.ClH/c1-7(2)5-9(12)11(16)14-8-3-4-10(15)13-6-8;/h7-9H,3-6,12H2,1-2H3,(H,13,15)(H,14,16);1H/t8?,9-;/m0./s1. The average molecular weight is 264 g/mol. The molecule has 0 saturated carbocycles. The van der Waals surface area contributed by atoms with Crippen molar-refractivity contribution in [3.8, 4) is 0 Å². The molecule has 100 valence electrons. The van der Waals surface area contributed by atoms with Gasteiger partial charge in [-0.1, -0.05) is 13.8 Å². The molecule has 1 aliphatic heterocycles. The lowest BCUT2D eigenvalue weighted by molar-refractivity contribution is -0.126. The van der Waals surface area contributed by atoms with E-state index in [1.54, 1.807) is 0 Å². The van der Waals surface area contributed by atoms with E-state index in [-0.39, 0.29) is 30.3 Å². The number of carbonyl (C=O) groups is 2. The third kappa shape index (κ3) is 5.89. The predicted octanol–water partition coefficient (Wildman–Crippen LogP) is 0.176. The van der Waals surface area contributed by atoms with E-state index in [0.717, 1.165) is 0 Å². The number of hydrogen-bond donors (Lipinski definition) is 3. The van der Waals surface area contributed by atoms with Crippen molar-refractivity contribution < 1.29 is 9.59 Å². The topological polar surface area (TPSA) is 84.2 Å². The molecule has 1 saturated heterocycles. The molecule has 0 aromatic carbocycles. The van der Waals surface area contributed by atoms with Crippen molar-refractivity contribution in [3.05, 3.63) is 0 Å². The second kappa shape index (κ2) is 7.50. The van der Waals surface area contributed by atoms with E-state index in [9.17, 15) is 9.59 Å². The highest BCUT2D eigenvalue weighted by Crippen LogP contribution is 2.05. The number of halogens is 1. The number of nitrogens with two attached hydrogens (primary N) is 1. The molecule has 0 aliphatic carbocycles. The maximum atomic E-state index is 11.7. The van der Waals surface area contributed by atoms with E-state index in [1.165, 1.54) is 0 Å². The van der Waals surface area contributed by atoms with Crippen LogP contribution in [0.25, 0.3) is 0 Å². The van der Waals surface area contributed by atoms with Gasteiger partial charge >= 0.3 is 0 Å². The Labute approximate surface area is 108 Å². The molecule has 1 aliphatic rings. The summed E-state index contributed by atoms with van der Waals surface area (Å²) in [5, 5.41) is 5.59. The fraction of sp³-hybridized carbons (Fsp3) is 0.818. The highest BCUT2D eigenvalue weighted by atomic mass is 35.5. The lowest BCUT2D eigenvalue weighted by atomic mass is 10.0. The van der Waals surface area contributed by atoms with Crippen molar-refractivity contribution in [2.24, 2.45) is 11.7 Å². The van der Waals surface area contributed by atoms with E-state index in [1.807, 2.05) is 13.8 Å². The largest absolute Gasteiger partial charge is 0.354 e. The zero-order chi connectivity index (χ0) is 12.1. The minimum Gasteiger partial charge on any atom is -0.354 e. The smallest absolute Gasteiger partial charge is 0.237 e. The van der Waals surface area contributed by atoms with Crippen molar-refractivity contribution in [2.75, 3.05) is 6.54 Å². The van der Waals surface area contributed by atoms with Gasteiger partial charge in [0.05, 0.1) is 6.04 Å². The Kier molecular flexibility index (Phi) is 7.15. The van der Waals surface area contributed by atoms with Crippen LogP contribution in [0.3, 0.4) is 0 Å². The van der Waals surface area contributed by atoms with Crippen LogP contribution in [0.5, 0.6) is 0 Å². The first-order chi connectivity index (χ1) is 7.49. The maximum absolute atomic E-state index is 11.7. The van der Waals surface area contributed by atoms with Crippen LogP contribution >= 0.6 is 12.4 Å². The summed E-state index contributed by atoms with van der Waals surface area (Å²) in [6.07, 6.45) is 1.86. The molecule has 0 radical (unpaired) electrons. The second-order valence-electron chi connectivity index (χ2n) is 4.78. The molecule has 2 amide bonds. The van der Waals surface area contributed by atoms with Crippen molar-refractivity contribution in [2.45, 2.75) is 45.2 Å². The van der Waals surface area contributed by atoms with Gasteiger partial charge in [-0.3, -0.25) is 9.59 Å². The van der Waals surface area contributed by atoms with Crippen LogP contribution in [-0.2, 0) is 9.59 Å². The Hall–Kier alpha value is -0.810. The highest BCUT2D eigenvalue weighted by Gasteiger charge is 2.22. The Morgan fingerprint density at radius 1 is 1.59 bits per heavy atom. The van der Waals surface area contributed by atoms with Crippen LogP contribution in [0.1, 0.15) is 33.1 Å². The molecule has 1 rings (SSSR count). The fourth-order valence-corrected chi connectivity index (χ4v) is 1.78. The summed E-state index contributed by atoms with van der Waals surface area (Å²) < 4.78 is 0. The summed E-state index contributed by atoms with van der Waals surface area (Å²) in [5.74, 6) is 0.346. The van der Waals surface area contributed by atoms with E-state index in [2.05, 4.69) is 10.6 Å². The lowest BCUT2D eigenvalue weighted by Gasteiger charge is -2.25. The number of piperidine rings is 1. The van der Waals surface area contributed by atoms with Gasteiger partial charge in [0.2, 0.25) is 11.8 Å². The molecule has 17 heavy (non-hydrogen) atoms. The number of nitrogens with one attached hydrogen (secondary N) is 2. The van der Waals surface area contributed by atoms with Crippen LogP contribution in [-0.4, -0.2) is 30.4 Å². The number of rotatable bonds is 4. The SMILES string of the molecule is CC(C)C[C@H](N)C(=O)NC1CCC(=O)NC1.Cl. The summed E-state index contributed by atoms with van der Waals surface area (Å²) in [6.45, 7) is 4.58. The van der Waals surface area contributed by atoms with Gasteiger partial charge in [0, 0.05) is 19.0 Å². The van der Waals surface area contributed by atoms with Crippen LogP contribution < -0.4 is 16.4 Å². The summed E-state index contributed by atoms with van der Waals surface area (Å²) in [4.78, 5) is 22.6. The molecule has 5 nitrogen and oxygen atoms in total. The molecule has 1 unspecified atom stereocenters. The zero-order valence-electron chi connectivity index (χ0n) is 10.4. The van der Waals surface area contributed by atoms with E-state index in [0.29, 0.717) is 31.7 Å². The Morgan fingerprint density at radius 2 is 2.24 bits per heavy atom. The minimum atomic E-state index is -0.447. The lowest BCUT2D eigenvalue weighted by Crippen LogP contribution is -2.52. The van der Waals surface area contributed by atoms with E-state index >= 15 is 0 Å². The van der Waals surface area contributed by atoms with Gasteiger partial charge in [-0.15, -0.1) is 12.4 Å². The number of carbonyl (C=O) groups excluding carboxylic acids is 2. The predicted molar refractivity (Wildman–Crippen MR) is 68.9 cm³/mol. The molecule has 4 N–H and O–H groups in total. The zero-order valence-corrected chi connectivity index (χ0v) is 11.2. The second-order valence-corrected chi connectivity index (χ2v) is 4.78. The summed E-state index contributed by atoms with van der Waals surface area (Å²) >= 11 is 0. The van der Waals surface area contributed by atoms with Gasteiger partial charge < -0.3 is 16.4 Å². The Balaban J connectivity index is 0.00000256. The van der Waals surface area contributed by atoms with Gasteiger partial charge in [0.15, 0.2) is 0 Å². The quantitative estimate of drug-likeness (QED) is 0.676. The normalized spacial score (nSPS) is 21.4. The van der Waals surface area contributed by atoms with E-state index in [4.69, 9.17) is 5.73 Å².